The second kappa shape index (κ2) is 10.2. The van der Waals surface area contributed by atoms with Crippen LogP contribution in [0.15, 0.2) is 15.6 Å². The molecule has 2 fully saturated rings. The third-order valence-electron chi connectivity index (χ3n) is 4.98. The van der Waals surface area contributed by atoms with E-state index in [9.17, 15) is 8.42 Å². The van der Waals surface area contributed by atoms with Crippen LogP contribution in [0.25, 0.3) is 0 Å². The molecule has 1 atom stereocenters. The van der Waals surface area contributed by atoms with Gasteiger partial charge in [-0.2, -0.15) is 0 Å². The lowest BCUT2D eigenvalue weighted by Crippen LogP contribution is -2.53. The van der Waals surface area contributed by atoms with Crippen molar-refractivity contribution in [2.75, 3.05) is 44.2 Å². The Morgan fingerprint density at radius 2 is 2.07 bits per heavy atom. The largest absolute Gasteiger partial charge is 0.361 e. The molecule has 1 aromatic heterocycles. The average molecular weight is 525 g/mol. The summed E-state index contributed by atoms with van der Waals surface area (Å²) in [6, 6.07) is 2.27. The second-order valence-electron chi connectivity index (χ2n) is 7.92. The Morgan fingerprint density at radius 1 is 1.36 bits per heavy atom. The number of piperazine rings is 1. The third-order valence-corrected chi connectivity index (χ3v) is 6.81. The Bertz CT molecular complexity index is 757. The summed E-state index contributed by atoms with van der Waals surface area (Å²) in [4.78, 5) is 9.41. The van der Waals surface area contributed by atoms with Gasteiger partial charge in [-0.05, 0) is 33.1 Å². The van der Waals surface area contributed by atoms with E-state index >= 15 is 0 Å². The number of guanidine groups is 1. The first kappa shape index (κ1) is 23.4. The first-order valence-electron chi connectivity index (χ1n) is 9.71. The fraction of sp³-hybridized carbons (Fsp3) is 0.778. The number of nitrogens with zero attached hydrogens (tertiary/aromatic N) is 4. The number of aryl methyl sites for hydroxylation is 1. The minimum Gasteiger partial charge on any atom is -0.361 e. The van der Waals surface area contributed by atoms with E-state index in [1.54, 1.807) is 0 Å². The third kappa shape index (κ3) is 6.87. The van der Waals surface area contributed by atoms with Gasteiger partial charge in [-0.1, -0.05) is 5.16 Å². The number of hydrogen-bond donors (Lipinski definition) is 1. The lowest BCUT2D eigenvalue weighted by atomic mass is 10.1. The Hall–Kier alpha value is -0.880. The van der Waals surface area contributed by atoms with E-state index in [-0.39, 0.29) is 41.7 Å². The maximum Gasteiger partial charge on any atom is 0.194 e. The van der Waals surface area contributed by atoms with E-state index < -0.39 is 9.84 Å². The van der Waals surface area contributed by atoms with Gasteiger partial charge in [-0.15, -0.1) is 24.0 Å². The van der Waals surface area contributed by atoms with E-state index in [2.05, 4.69) is 34.1 Å². The van der Waals surface area contributed by atoms with Gasteiger partial charge in [0.2, 0.25) is 0 Å². The van der Waals surface area contributed by atoms with E-state index in [4.69, 9.17) is 9.52 Å². The molecular formula is C18H32IN5O3S. The highest BCUT2D eigenvalue weighted by atomic mass is 127. The van der Waals surface area contributed by atoms with Crippen LogP contribution >= 0.6 is 24.0 Å². The highest BCUT2D eigenvalue weighted by Crippen LogP contribution is 2.19. The molecule has 160 valence electrons. The molecule has 0 radical (unpaired) electrons. The molecule has 2 aliphatic rings. The van der Waals surface area contributed by atoms with Gasteiger partial charge in [0.1, 0.15) is 5.76 Å². The molecule has 0 aromatic carbocycles. The standard InChI is InChI=1S/C18H31N5O3S.HI/c1-14(2)20-18(19-11-16-4-9-27(24,25)13-16)23-7-5-22(6-8-23)12-17-10-15(3)26-21-17;/h10,14,16H,4-9,11-13H2,1-3H3,(H,19,20);1H. The smallest absolute Gasteiger partial charge is 0.194 e. The van der Waals surface area contributed by atoms with Crippen molar-refractivity contribution in [2.24, 2.45) is 10.9 Å². The number of hydrogen-bond acceptors (Lipinski definition) is 6. The van der Waals surface area contributed by atoms with Gasteiger partial charge in [0.25, 0.3) is 0 Å². The summed E-state index contributed by atoms with van der Waals surface area (Å²) >= 11 is 0. The van der Waals surface area contributed by atoms with Crippen molar-refractivity contribution in [2.45, 2.75) is 39.8 Å². The van der Waals surface area contributed by atoms with Crippen molar-refractivity contribution in [1.29, 1.82) is 0 Å². The first-order chi connectivity index (χ1) is 12.8. The summed E-state index contributed by atoms with van der Waals surface area (Å²) in [6.45, 7) is 11.1. The molecule has 0 saturated carbocycles. The van der Waals surface area contributed by atoms with Gasteiger partial charge in [0.05, 0.1) is 17.2 Å². The SMILES string of the molecule is Cc1cc(CN2CCN(C(=NCC3CCS(=O)(=O)C3)NC(C)C)CC2)no1.I. The van der Waals surface area contributed by atoms with E-state index in [1.165, 1.54) is 0 Å². The molecule has 3 heterocycles. The Balaban J connectivity index is 0.00000280. The van der Waals surface area contributed by atoms with Crippen LogP contribution in [0.2, 0.25) is 0 Å². The Kier molecular flexibility index (Phi) is 8.56. The number of sulfone groups is 1. The summed E-state index contributed by atoms with van der Waals surface area (Å²) in [5.41, 5.74) is 0.970. The van der Waals surface area contributed by atoms with Crippen molar-refractivity contribution in [1.82, 2.24) is 20.3 Å². The van der Waals surface area contributed by atoms with Crippen molar-refractivity contribution in [3.8, 4) is 0 Å². The van der Waals surface area contributed by atoms with E-state index in [1.807, 2.05) is 13.0 Å². The van der Waals surface area contributed by atoms with Crippen LogP contribution in [-0.2, 0) is 16.4 Å². The molecule has 28 heavy (non-hydrogen) atoms. The van der Waals surface area contributed by atoms with Crippen molar-refractivity contribution in [3.63, 3.8) is 0 Å². The molecule has 8 nitrogen and oxygen atoms in total. The number of aliphatic imine (C=N–C) groups is 1. The fourth-order valence-electron chi connectivity index (χ4n) is 3.57. The van der Waals surface area contributed by atoms with Crippen molar-refractivity contribution >= 4 is 39.8 Å². The number of aromatic nitrogens is 1. The summed E-state index contributed by atoms with van der Waals surface area (Å²) in [5.74, 6) is 2.46. The lowest BCUT2D eigenvalue weighted by molar-refractivity contribution is 0.168. The minimum absolute atomic E-state index is 0. The van der Waals surface area contributed by atoms with Crippen LogP contribution in [-0.4, -0.2) is 79.6 Å². The monoisotopic (exact) mass is 525 g/mol. The highest BCUT2D eigenvalue weighted by Gasteiger charge is 2.28. The van der Waals surface area contributed by atoms with Gasteiger partial charge >= 0.3 is 0 Å². The maximum absolute atomic E-state index is 11.7. The summed E-state index contributed by atoms with van der Waals surface area (Å²) < 4.78 is 28.5. The summed E-state index contributed by atoms with van der Waals surface area (Å²) in [5, 5.41) is 7.52. The van der Waals surface area contributed by atoms with Crippen LogP contribution in [0.4, 0.5) is 0 Å². The van der Waals surface area contributed by atoms with Crippen molar-refractivity contribution in [3.05, 3.63) is 17.5 Å². The van der Waals surface area contributed by atoms with Gasteiger partial charge < -0.3 is 14.7 Å². The summed E-state index contributed by atoms with van der Waals surface area (Å²) in [6.07, 6.45) is 0.728. The zero-order valence-electron chi connectivity index (χ0n) is 16.9. The van der Waals surface area contributed by atoms with Crippen LogP contribution < -0.4 is 5.32 Å². The average Bonchev–Trinajstić information content (AvgIpc) is 3.16. The number of halogens is 1. The molecule has 2 aliphatic heterocycles. The highest BCUT2D eigenvalue weighted by molar-refractivity contribution is 14.0. The van der Waals surface area contributed by atoms with Crippen LogP contribution in [0.1, 0.15) is 31.7 Å². The predicted octanol–water partition coefficient (Wildman–Crippen LogP) is 1.51. The number of rotatable bonds is 5. The molecule has 1 N–H and O–H groups in total. The predicted molar refractivity (Wildman–Crippen MR) is 121 cm³/mol. The van der Waals surface area contributed by atoms with Gasteiger partial charge in [-0.25, -0.2) is 8.42 Å². The topological polar surface area (TPSA) is 91.0 Å². The lowest BCUT2D eigenvalue weighted by Gasteiger charge is -2.36. The second-order valence-corrected chi connectivity index (χ2v) is 10.2. The van der Waals surface area contributed by atoms with Crippen LogP contribution in [0.3, 0.4) is 0 Å². The van der Waals surface area contributed by atoms with E-state index in [0.29, 0.717) is 12.3 Å². The molecule has 0 spiro atoms. The molecule has 1 aromatic rings. The maximum atomic E-state index is 11.7. The fourth-order valence-corrected chi connectivity index (χ4v) is 5.42. The number of nitrogens with one attached hydrogen (secondary N) is 1. The summed E-state index contributed by atoms with van der Waals surface area (Å²) in [7, 11) is -2.85. The van der Waals surface area contributed by atoms with E-state index in [0.717, 1.165) is 56.6 Å². The van der Waals surface area contributed by atoms with Gasteiger partial charge in [-0.3, -0.25) is 9.89 Å². The molecule has 3 rings (SSSR count). The van der Waals surface area contributed by atoms with Crippen LogP contribution in [0, 0.1) is 12.8 Å². The molecule has 2 saturated heterocycles. The minimum atomic E-state index is -2.85. The van der Waals surface area contributed by atoms with Gasteiger partial charge in [0.15, 0.2) is 15.8 Å². The Labute approximate surface area is 185 Å². The molecule has 0 bridgehead atoms. The molecule has 1 unspecified atom stereocenters. The first-order valence-corrected chi connectivity index (χ1v) is 11.5. The quantitative estimate of drug-likeness (QED) is 0.354. The molecular weight excluding hydrogens is 493 g/mol. The zero-order chi connectivity index (χ0) is 19.4. The zero-order valence-corrected chi connectivity index (χ0v) is 20.1. The Morgan fingerprint density at radius 3 is 2.61 bits per heavy atom. The molecule has 10 heteroatoms. The molecule has 0 aliphatic carbocycles. The molecule has 0 amide bonds. The normalized spacial score (nSPS) is 23.1. The van der Waals surface area contributed by atoms with Crippen LogP contribution in [0.5, 0.6) is 0 Å². The van der Waals surface area contributed by atoms with Gasteiger partial charge in [0, 0.05) is 51.4 Å². The van der Waals surface area contributed by atoms with Crippen molar-refractivity contribution < 1.29 is 12.9 Å².